The highest BCUT2D eigenvalue weighted by Crippen LogP contribution is 2.37. The van der Waals surface area contributed by atoms with E-state index in [1.807, 2.05) is 0 Å². The zero-order valence-corrected chi connectivity index (χ0v) is 10.0. The smallest absolute Gasteiger partial charge is 0.127 e. The Bertz CT molecular complexity index is 236. The summed E-state index contributed by atoms with van der Waals surface area (Å²) in [6.07, 6.45) is 8.05. The molecule has 1 saturated heterocycles. The molecule has 1 atom stereocenters. The molecule has 0 bridgehead atoms. The number of hydrogen-bond acceptors (Lipinski definition) is 3. The van der Waals surface area contributed by atoms with Crippen LogP contribution in [0.5, 0.6) is 0 Å². The first-order valence-corrected chi connectivity index (χ1v) is 6.57. The van der Waals surface area contributed by atoms with E-state index >= 15 is 0 Å². The summed E-state index contributed by atoms with van der Waals surface area (Å²) in [4.78, 5) is 13.7. The highest BCUT2D eigenvalue weighted by atomic mass is 16.3. The molecule has 0 radical (unpaired) electrons. The van der Waals surface area contributed by atoms with Crippen molar-refractivity contribution in [2.24, 2.45) is 11.3 Å². The lowest BCUT2D eigenvalue weighted by atomic mass is 9.86. The Balaban J connectivity index is 1.90. The average molecular weight is 225 g/mol. The monoisotopic (exact) mass is 225 g/mol. The highest BCUT2D eigenvalue weighted by Gasteiger charge is 2.36. The number of carbonyl (C=O) groups excluding carboxylic acids is 1. The molecular formula is C13H23NO2. The van der Waals surface area contributed by atoms with Gasteiger partial charge in [0.2, 0.25) is 0 Å². The minimum absolute atomic E-state index is 0.0582. The van der Waals surface area contributed by atoms with Gasteiger partial charge in [-0.05, 0) is 38.1 Å². The number of piperidine rings is 1. The van der Waals surface area contributed by atoms with Crippen molar-refractivity contribution < 1.29 is 9.90 Å². The quantitative estimate of drug-likeness (QED) is 0.736. The molecule has 1 aliphatic carbocycles. The normalized spacial score (nSPS) is 30.4. The zero-order chi connectivity index (χ0) is 11.4. The molecule has 0 amide bonds. The third-order valence-corrected chi connectivity index (χ3v) is 4.25. The minimum Gasteiger partial charge on any atom is -0.396 e. The number of aliphatic hydroxyl groups is 1. The second-order valence-corrected chi connectivity index (χ2v) is 5.61. The van der Waals surface area contributed by atoms with E-state index in [-0.39, 0.29) is 5.41 Å². The molecule has 16 heavy (non-hydrogen) atoms. The van der Waals surface area contributed by atoms with Crippen molar-refractivity contribution in [1.29, 1.82) is 0 Å². The molecule has 0 aromatic carbocycles. The SMILES string of the molecule is O=CC1(CN2CCCC(CO)C2)CCCC1. The maximum absolute atomic E-state index is 11.3. The lowest BCUT2D eigenvalue weighted by Crippen LogP contribution is -2.43. The van der Waals surface area contributed by atoms with Crippen LogP contribution in [0.15, 0.2) is 0 Å². The van der Waals surface area contributed by atoms with Crippen LogP contribution in [0.4, 0.5) is 0 Å². The summed E-state index contributed by atoms with van der Waals surface area (Å²) in [7, 11) is 0. The fourth-order valence-electron chi connectivity index (χ4n) is 3.28. The molecule has 0 spiro atoms. The molecule has 1 heterocycles. The van der Waals surface area contributed by atoms with E-state index in [0.717, 1.165) is 38.9 Å². The molecule has 3 nitrogen and oxygen atoms in total. The van der Waals surface area contributed by atoms with Gasteiger partial charge in [0.25, 0.3) is 0 Å². The first kappa shape index (κ1) is 12.1. The van der Waals surface area contributed by atoms with Crippen LogP contribution in [0.3, 0.4) is 0 Å². The molecule has 3 heteroatoms. The number of nitrogens with zero attached hydrogens (tertiary/aromatic N) is 1. The topological polar surface area (TPSA) is 40.5 Å². The molecule has 1 saturated carbocycles. The van der Waals surface area contributed by atoms with Crippen LogP contribution in [0.1, 0.15) is 38.5 Å². The Hall–Kier alpha value is -0.410. The van der Waals surface area contributed by atoms with Crippen LogP contribution in [0, 0.1) is 11.3 Å². The summed E-state index contributed by atoms with van der Waals surface area (Å²) in [5.74, 6) is 0.429. The number of carbonyl (C=O) groups is 1. The third kappa shape index (κ3) is 2.64. The van der Waals surface area contributed by atoms with E-state index in [1.54, 1.807) is 0 Å². The van der Waals surface area contributed by atoms with Crippen LogP contribution in [0.25, 0.3) is 0 Å². The van der Waals surface area contributed by atoms with Gasteiger partial charge in [0, 0.05) is 25.1 Å². The maximum Gasteiger partial charge on any atom is 0.127 e. The van der Waals surface area contributed by atoms with Crippen molar-refractivity contribution in [2.45, 2.75) is 38.5 Å². The lowest BCUT2D eigenvalue weighted by Gasteiger charge is -2.36. The standard InChI is InChI=1S/C13H23NO2/c15-9-12-4-3-7-14(8-12)10-13(11-16)5-1-2-6-13/h11-12,15H,1-10H2. The van der Waals surface area contributed by atoms with Crippen LogP contribution in [-0.4, -0.2) is 42.5 Å². The van der Waals surface area contributed by atoms with Crippen molar-refractivity contribution in [3.05, 3.63) is 0 Å². The summed E-state index contributed by atoms with van der Waals surface area (Å²) in [6, 6.07) is 0. The number of aliphatic hydroxyl groups excluding tert-OH is 1. The molecule has 2 rings (SSSR count). The molecule has 0 aromatic rings. The number of rotatable bonds is 4. The van der Waals surface area contributed by atoms with Gasteiger partial charge < -0.3 is 14.8 Å². The van der Waals surface area contributed by atoms with Gasteiger partial charge in [0.15, 0.2) is 0 Å². The second kappa shape index (κ2) is 5.28. The van der Waals surface area contributed by atoms with Crippen LogP contribution in [-0.2, 0) is 4.79 Å². The zero-order valence-electron chi connectivity index (χ0n) is 10.0. The summed E-state index contributed by atoms with van der Waals surface area (Å²) in [5, 5.41) is 9.19. The summed E-state index contributed by atoms with van der Waals surface area (Å²) in [6.45, 7) is 3.30. The summed E-state index contributed by atoms with van der Waals surface area (Å²) >= 11 is 0. The van der Waals surface area contributed by atoms with Gasteiger partial charge in [-0.3, -0.25) is 0 Å². The summed E-state index contributed by atoms with van der Waals surface area (Å²) < 4.78 is 0. The van der Waals surface area contributed by atoms with Gasteiger partial charge in [-0.25, -0.2) is 0 Å². The predicted octanol–water partition coefficient (Wildman–Crippen LogP) is 1.45. The molecule has 2 fully saturated rings. The Morgan fingerprint density at radius 1 is 1.31 bits per heavy atom. The van der Waals surface area contributed by atoms with Gasteiger partial charge in [-0.2, -0.15) is 0 Å². The highest BCUT2D eigenvalue weighted by molar-refractivity contribution is 5.60. The van der Waals surface area contributed by atoms with E-state index in [9.17, 15) is 9.90 Å². The number of aldehydes is 1. The van der Waals surface area contributed by atoms with E-state index in [4.69, 9.17) is 0 Å². The Morgan fingerprint density at radius 3 is 2.69 bits per heavy atom. The maximum atomic E-state index is 11.3. The van der Waals surface area contributed by atoms with Crippen molar-refractivity contribution in [2.75, 3.05) is 26.2 Å². The molecule has 0 aromatic heterocycles. The van der Waals surface area contributed by atoms with Crippen molar-refractivity contribution in [3.63, 3.8) is 0 Å². The largest absolute Gasteiger partial charge is 0.396 e. The van der Waals surface area contributed by atoms with Crippen molar-refractivity contribution in [1.82, 2.24) is 4.90 Å². The summed E-state index contributed by atoms with van der Waals surface area (Å²) in [5.41, 5.74) is -0.0582. The number of hydrogen-bond donors (Lipinski definition) is 1. The molecule has 1 aliphatic heterocycles. The first-order valence-electron chi connectivity index (χ1n) is 6.57. The molecular weight excluding hydrogens is 202 g/mol. The van der Waals surface area contributed by atoms with E-state index in [1.165, 1.54) is 25.5 Å². The molecule has 2 aliphatic rings. The van der Waals surface area contributed by atoms with Gasteiger partial charge in [-0.15, -0.1) is 0 Å². The van der Waals surface area contributed by atoms with Crippen LogP contribution >= 0.6 is 0 Å². The Kier molecular flexibility index (Phi) is 3.98. The van der Waals surface area contributed by atoms with Crippen molar-refractivity contribution >= 4 is 6.29 Å². The van der Waals surface area contributed by atoms with Crippen LogP contribution < -0.4 is 0 Å². The predicted molar refractivity (Wildman–Crippen MR) is 63.2 cm³/mol. The number of likely N-dealkylation sites (tertiary alicyclic amines) is 1. The lowest BCUT2D eigenvalue weighted by molar-refractivity contribution is -0.117. The molecule has 1 N–H and O–H groups in total. The van der Waals surface area contributed by atoms with Gasteiger partial charge in [-0.1, -0.05) is 12.8 Å². The molecule has 1 unspecified atom stereocenters. The van der Waals surface area contributed by atoms with Gasteiger partial charge in [0.05, 0.1) is 0 Å². The van der Waals surface area contributed by atoms with Crippen molar-refractivity contribution in [3.8, 4) is 0 Å². The first-order chi connectivity index (χ1) is 7.78. The van der Waals surface area contributed by atoms with Gasteiger partial charge >= 0.3 is 0 Å². The second-order valence-electron chi connectivity index (χ2n) is 5.61. The fraction of sp³-hybridized carbons (Fsp3) is 0.923. The van der Waals surface area contributed by atoms with Gasteiger partial charge in [0.1, 0.15) is 6.29 Å². The van der Waals surface area contributed by atoms with E-state index < -0.39 is 0 Å². The average Bonchev–Trinajstić information content (AvgIpc) is 2.78. The Morgan fingerprint density at radius 2 is 2.06 bits per heavy atom. The molecule has 92 valence electrons. The van der Waals surface area contributed by atoms with Crippen LogP contribution in [0.2, 0.25) is 0 Å². The Labute approximate surface area is 97.8 Å². The van der Waals surface area contributed by atoms with E-state index in [0.29, 0.717) is 12.5 Å². The third-order valence-electron chi connectivity index (χ3n) is 4.25. The van der Waals surface area contributed by atoms with E-state index in [2.05, 4.69) is 4.90 Å². The minimum atomic E-state index is -0.0582. The fourth-order valence-corrected chi connectivity index (χ4v) is 3.28.